The van der Waals surface area contributed by atoms with Crippen molar-refractivity contribution in [2.75, 3.05) is 13.7 Å². The molecule has 0 aromatic carbocycles. The van der Waals surface area contributed by atoms with Gasteiger partial charge in [-0.3, -0.25) is 0 Å². The molecule has 0 heterocycles. The molecule has 4 rings (SSSR count). The first-order chi connectivity index (χ1) is 12.4. The zero-order valence-electron chi connectivity index (χ0n) is 17.1. The minimum Gasteiger partial charge on any atom is -0.393 e. The van der Waals surface area contributed by atoms with Gasteiger partial charge in [0.15, 0.2) is 0 Å². The van der Waals surface area contributed by atoms with E-state index in [-0.39, 0.29) is 6.10 Å². The lowest BCUT2D eigenvalue weighted by atomic mass is 9.44. The van der Waals surface area contributed by atoms with Crippen molar-refractivity contribution in [2.24, 2.45) is 40.9 Å². The molecular weight excluding hydrogens is 324 g/mol. The van der Waals surface area contributed by atoms with E-state index in [2.05, 4.69) is 6.92 Å². The third-order valence-corrected chi connectivity index (χ3v) is 9.41. The van der Waals surface area contributed by atoms with Crippen LogP contribution in [-0.2, 0) is 4.74 Å². The van der Waals surface area contributed by atoms with Gasteiger partial charge in [0.1, 0.15) is 0 Å². The number of aliphatic hydroxyl groups is 2. The summed E-state index contributed by atoms with van der Waals surface area (Å²) in [5.41, 5.74) is -0.222. The van der Waals surface area contributed by atoms with E-state index in [4.69, 9.17) is 4.74 Å². The quantitative estimate of drug-likeness (QED) is 0.780. The molecule has 0 saturated heterocycles. The van der Waals surface area contributed by atoms with Crippen LogP contribution in [0.4, 0.5) is 0 Å². The highest BCUT2D eigenvalue weighted by molar-refractivity contribution is 5.06. The molecule has 0 bridgehead atoms. The number of rotatable bonds is 3. The topological polar surface area (TPSA) is 49.7 Å². The summed E-state index contributed by atoms with van der Waals surface area (Å²) in [5, 5.41) is 21.3. The van der Waals surface area contributed by atoms with Crippen molar-refractivity contribution in [2.45, 2.75) is 89.8 Å². The molecule has 4 fully saturated rings. The Hall–Kier alpha value is -0.120. The van der Waals surface area contributed by atoms with Crippen LogP contribution in [0.15, 0.2) is 0 Å². The van der Waals surface area contributed by atoms with Crippen molar-refractivity contribution >= 4 is 0 Å². The largest absolute Gasteiger partial charge is 0.393 e. The van der Waals surface area contributed by atoms with Gasteiger partial charge in [-0.15, -0.1) is 0 Å². The first kappa shape index (κ1) is 19.2. The van der Waals surface area contributed by atoms with E-state index in [9.17, 15) is 10.2 Å². The summed E-state index contributed by atoms with van der Waals surface area (Å²) in [6.07, 6.45) is 12.1. The van der Waals surface area contributed by atoms with Gasteiger partial charge in [-0.05, 0) is 106 Å². The smallest absolute Gasteiger partial charge is 0.0882 e. The monoisotopic (exact) mass is 364 g/mol. The van der Waals surface area contributed by atoms with Crippen molar-refractivity contribution in [1.29, 1.82) is 0 Å². The van der Waals surface area contributed by atoms with Gasteiger partial charge >= 0.3 is 0 Å². The van der Waals surface area contributed by atoms with E-state index in [0.717, 1.165) is 36.5 Å². The Morgan fingerprint density at radius 2 is 1.77 bits per heavy atom. The molecule has 150 valence electrons. The number of hydrogen-bond donors (Lipinski definition) is 2. The van der Waals surface area contributed by atoms with Gasteiger partial charge in [0, 0.05) is 7.11 Å². The molecule has 0 radical (unpaired) electrons. The van der Waals surface area contributed by atoms with Gasteiger partial charge in [0.05, 0.1) is 18.3 Å². The molecule has 4 aliphatic carbocycles. The number of fused-ring (bicyclic) bond motifs is 5. The Labute approximate surface area is 159 Å². The average molecular weight is 365 g/mol. The van der Waals surface area contributed by atoms with Gasteiger partial charge in [-0.25, -0.2) is 0 Å². The van der Waals surface area contributed by atoms with Crippen molar-refractivity contribution in [3.63, 3.8) is 0 Å². The van der Waals surface area contributed by atoms with Crippen LogP contribution in [0.1, 0.15) is 78.1 Å². The number of ether oxygens (including phenoxy) is 1. The summed E-state index contributed by atoms with van der Waals surface area (Å²) >= 11 is 0. The molecule has 3 nitrogen and oxygen atoms in total. The number of hydrogen-bond acceptors (Lipinski definition) is 3. The molecule has 0 aromatic rings. The van der Waals surface area contributed by atoms with Gasteiger partial charge in [-0.2, -0.15) is 0 Å². The third-order valence-electron chi connectivity index (χ3n) is 9.41. The molecule has 4 aliphatic rings. The molecule has 0 amide bonds. The van der Waals surface area contributed by atoms with E-state index in [1.807, 2.05) is 6.92 Å². The van der Waals surface area contributed by atoms with Crippen molar-refractivity contribution in [3.05, 3.63) is 0 Å². The summed E-state index contributed by atoms with van der Waals surface area (Å²) in [5.74, 6) is 4.57. The highest BCUT2D eigenvalue weighted by Crippen LogP contribution is 2.63. The Morgan fingerprint density at radius 3 is 2.50 bits per heavy atom. The molecule has 0 aromatic heterocycles. The Bertz CT molecular complexity index is 506. The van der Waals surface area contributed by atoms with Crippen LogP contribution in [0.2, 0.25) is 0 Å². The first-order valence-electron chi connectivity index (χ1n) is 11.3. The van der Waals surface area contributed by atoms with Crippen LogP contribution >= 0.6 is 0 Å². The minimum absolute atomic E-state index is 0.158. The van der Waals surface area contributed by atoms with Crippen molar-refractivity contribution in [3.8, 4) is 0 Å². The third kappa shape index (κ3) is 3.06. The van der Waals surface area contributed by atoms with E-state index in [1.54, 1.807) is 7.11 Å². The molecule has 4 saturated carbocycles. The second-order valence-electron chi connectivity index (χ2n) is 10.7. The first-order valence-corrected chi connectivity index (χ1v) is 11.3. The average Bonchev–Trinajstić information content (AvgIpc) is 2.59. The Morgan fingerprint density at radius 1 is 1.00 bits per heavy atom. The lowest BCUT2D eigenvalue weighted by Gasteiger charge is -2.61. The Balaban J connectivity index is 1.51. The lowest BCUT2D eigenvalue weighted by Crippen LogP contribution is -2.55. The van der Waals surface area contributed by atoms with Crippen LogP contribution in [0.3, 0.4) is 0 Å². The van der Waals surface area contributed by atoms with E-state index in [1.165, 1.54) is 51.4 Å². The molecule has 26 heavy (non-hydrogen) atoms. The molecule has 0 aliphatic heterocycles. The summed E-state index contributed by atoms with van der Waals surface area (Å²) < 4.78 is 5.32. The second kappa shape index (κ2) is 7.04. The molecule has 1 unspecified atom stereocenters. The summed E-state index contributed by atoms with van der Waals surface area (Å²) in [6, 6.07) is 0. The summed E-state index contributed by atoms with van der Waals surface area (Å²) in [7, 11) is 1.71. The summed E-state index contributed by atoms with van der Waals surface area (Å²) in [4.78, 5) is 0. The molecule has 3 heteroatoms. The van der Waals surface area contributed by atoms with Gasteiger partial charge < -0.3 is 14.9 Å². The van der Waals surface area contributed by atoms with Crippen molar-refractivity contribution < 1.29 is 14.9 Å². The highest BCUT2D eigenvalue weighted by atomic mass is 16.5. The van der Waals surface area contributed by atoms with E-state index in [0.29, 0.717) is 23.9 Å². The molecule has 0 spiro atoms. The maximum absolute atomic E-state index is 10.9. The highest BCUT2D eigenvalue weighted by Gasteiger charge is 2.56. The van der Waals surface area contributed by atoms with E-state index < -0.39 is 5.60 Å². The predicted molar refractivity (Wildman–Crippen MR) is 104 cm³/mol. The fraction of sp³-hybridized carbons (Fsp3) is 1.00. The van der Waals surface area contributed by atoms with Crippen LogP contribution < -0.4 is 0 Å². The van der Waals surface area contributed by atoms with E-state index >= 15 is 0 Å². The van der Waals surface area contributed by atoms with Crippen LogP contribution in [-0.4, -0.2) is 35.6 Å². The second-order valence-corrected chi connectivity index (χ2v) is 10.7. The number of aliphatic hydroxyl groups excluding tert-OH is 1. The van der Waals surface area contributed by atoms with Gasteiger partial charge in [0.2, 0.25) is 0 Å². The maximum Gasteiger partial charge on any atom is 0.0882 e. The summed E-state index contributed by atoms with van der Waals surface area (Å²) in [6.45, 7) is 5.04. The zero-order chi connectivity index (χ0) is 18.5. The standard InChI is InChI=1S/C23H40O3/c1-15(24)20-5-4-6-21-19-8-7-16-13-23(25,14-26-3)12-10-17(16)18(19)9-11-22(20,21)2/h15-21,24-25H,4-14H2,1-3H3/t15?,16-,17+,18-,19-,20-,21+,22-,23-/m1/s1. The Kier molecular flexibility index (Phi) is 5.20. The number of methoxy groups -OCH3 is 1. The van der Waals surface area contributed by atoms with Crippen LogP contribution in [0.5, 0.6) is 0 Å². The van der Waals surface area contributed by atoms with Gasteiger partial charge in [-0.1, -0.05) is 13.3 Å². The minimum atomic E-state index is -0.575. The fourth-order valence-corrected chi connectivity index (χ4v) is 8.39. The molecular formula is C23H40O3. The molecule has 9 atom stereocenters. The SMILES string of the molecule is COC[C@@]1(O)CC[C@H]2[C@H](CC[C@@H]3[C@@H]2CC[C@]2(C)[C@@H](C(C)O)CCC[C@@H]32)C1. The predicted octanol–water partition coefficient (Wildman–Crippen LogP) is 4.40. The van der Waals surface area contributed by atoms with Crippen LogP contribution in [0.25, 0.3) is 0 Å². The maximum atomic E-state index is 10.9. The lowest BCUT2D eigenvalue weighted by molar-refractivity contribution is -0.151. The van der Waals surface area contributed by atoms with Crippen molar-refractivity contribution in [1.82, 2.24) is 0 Å². The zero-order valence-corrected chi connectivity index (χ0v) is 17.1. The van der Waals surface area contributed by atoms with Crippen LogP contribution in [0, 0.1) is 40.9 Å². The fourth-order valence-electron chi connectivity index (χ4n) is 8.39. The molecule has 2 N–H and O–H groups in total. The normalized spacial score (nSPS) is 52.5. The van der Waals surface area contributed by atoms with Gasteiger partial charge in [0.25, 0.3) is 0 Å².